The fourth-order valence-electron chi connectivity index (χ4n) is 2.71. The molecule has 28 heavy (non-hydrogen) atoms. The van der Waals surface area contributed by atoms with Crippen molar-refractivity contribution in [2.45, 2.75) is 59.0 Å². The summed E-state index contributed by atoms with van der Waals surface area (Å²) in [5.41, 5.74) is 9.82. The van der Waals surface area contributed by atoms with Crippen molar-refractivity contribution < 1.29 is 4.79 Å². The quantitative estimate of drug-likeness (QED) is 0.460. The third-order valence-corrected chi connectivity index (χ3v) is 4.98. The van der Waals surface area contributed by atoms with Crippen LogP contribution < -0.4 is 16.4 Å². The van der Waals surface area contributed by atoms with Crippen LogP contribution in [0, 0.1) is 0 Å². The number of guanidine groups is 1. The van der Waals surface area contributed by atoms with E-state index in [9.17, 15) is 4.79 Å². The van der Waals surface area contributed by atoms with Gasteiger partial charge < -0.3 is 16.4 Å². The number of carbonyl (C=O) groups excluding carboxylic acids is 1. The van der Waals surface area contributed by atoms with Gasteiger partial charge in [-0.1, -0.05) is 45.0 Å². The molecule has 2 aromatic rings. The molecule has 0 saturated carbocycles. The molecular weight excluding hydrogens is 348 g/mol. The average Bonchev–Trinajstić information content (AvgIpc) is 2.72. The number of hydrogen-bond donors (Lipinski definition) is 3. The first-order chi connectivity index (χ1) is 13.4. The largest absolute Gasteiger partial charge is 0.370 e. The van der Waals surface area contributed by atoms with Crippen LogP contribution >= 0.6 is 0 Å². The predicted molar refractivity (Wildman–Crippen MR) is 118 cm³/mol. The Morgan fingerprint density at radius 3 is 2.43 bits per heavy atom. The number of nitrogens with one attached hydrogen (secondary N) is 2. The maximum atomic E-state index is 12.3. The number of anilines is 1. The highest BCUT2D eigenvalue weighted by Crippen LogP contribution is 2.20. The molecule has 150 valence electrons. The minimum Gasteiger partial charge on any atom is -0.370 e. The van der Waals surface area contributed by atoms with Crippen molar-refractivity contribution in [1.82, 2.24) is 5.32 Å². The van der Waals surface area contributed by atoms with Gasteiger partial charge in [-0.15, -0.1) is 0 Å². The number of nitrogens with two attached hydrogens (primary N) is 1. The molecule has 0 aliphatic rings. The summed E-state index contributed by atoms with van der Waals surface area (Å²) in [4.78, 5) is 16.7. The maximum Gasteiger partial charge on any atom is 0.251 e. The SMILES string of the molecule is CCC(C)NC(=O)c1cccc(CN=C(N)Nc2ccc(C(C)CC)cc2)c1. The fraction of sp³-hybridized carbons (Fsp3) is 0.391. The zero-order chi connectivity index (χ0) is 20.5. The molecule has 0 heterocycles. The molecular formula is C23H32N4O. The van der Waals surface area contributed by atoms with Crippen molar-refractivity contribution in [3.63, 3.8) is 0 Å². The van der Waals surface area contributed by atoms with Gasteiger partial charge in [-0.2, -0.15) is 0 Å². The summed E-state index contributed by atoms with van der Waals surface area (Å²) in [6, 6.07) is 15.9. The maximum absolute atomic E-state index is 12.3. The van der Waals surface area contributed by atoms with Crippen LogP contribution in [0.3, 0.4) is 0 Å². The van der Waals surface area contributed by atoms with Crippen molar-refractivity contribution in [3.05, 3.63) is 65.2 Å². The Labute approximate surface area is 168 Å². The van der Waals surface area contributed by atoms with E-state index in [1.165, 1.54) is 5.56 Å². The minimum atomic E-state index is -0.0623. The Morgan fingerprint density at radius 2 is 1.79 bits per heavy atom. The zero-order valence-corrected chi connectivity index (χ0v) is 17.3. The molecule has 4 N–H and O–H groups in total. The monoisotopic (exact) mass is 380 g/mol. The van der Waals surface area contributed by atoms with E-state index in [4.69, 9.17) is 5.73 Å². The number of benzene rings is 2. The van der Waals surface area contributed by atoms with Crippen LogP contribution in [0.5, 0.6) is 0 Å². The molecule has 5 heteroatoms. The van der Waals surface area contributed by atoms with Crippen LogP contribution in [0.25, 0.3) is 0 Å². The van der Waals surface area contributed by atoms with Crippen LogP contribution in [0.2, 0.25) is 0 Å². The van der Waals surface area contributed by atoms with Crippen LogP contribution in [-0.4, -0.2) is 17.9 Å². The molecule has 0 saturated heterocycles. The Kier molecular flexibility index (Phi) is 8.05. The Morgan fingerprint density at radius 1 is 1.07 bits per heavy atom. The van der Waals surface area contributed by atoms with E-state index in [1.807, 2.05) is 50.2 Å². The lowest BCUT2D eigenvalue weighted by Gasteiger charge is -2.12. The molecule has 0 aromatic heterocycles. The minimum absolute atomic E-state index is 0.0623. The number of amides is 1. The van der Waals surface area contributed by atoms with Crippen LogP contribution in [0.15, 0.2) is 53.5 Å². The van der Waals surface area contributed by atoms with E-state index >= 15 is 0 Å². The van der Waals surface area contributed by atoms with Gasteiger partial charge in [0.05, 0.1) is 6.54 Å². The summed E-state index contributed by atoms with van der Waals surface area (Å²) in [7, 11) is 0. The lowest BCUT2D eigenvalue weighted by atomic mass is 9.99. The first-order valence-corrected chi connectivity index (χ1v) is 9.99. The molecule has 0 spiro atoms. The van der Waals surface area contributed by atoms with Crippen LogP contribution in [0.4, 0.5) is 5.69 Å². The van der Waals surface area contributed by atoms with E-state index in [2.05, 4.69) is 41.6 Å². The molecule has 1 amide bonds. The van der Waals surface area contributed by atoms with Gasteiger partial charge in [-0.3, -0.25) is 4.79 Å². The summed E-state index contributed by atoms with van der Waals surface area (Å²) in [5, 5.41) is 6.09. The highest BCUT2D eigenvalue weighted by Gasteiger charge is 2.09. The number of carbonyl (C=O) groups is 1. The van der Waals surface area contributed by atoms with Crippen molar-refractivity contribution in [2.75, 3.05) is 5.32 Å². The first-order valence-electron chi connectivity index (χ1n) is 9.99. The second kappa shape index (κ2) is 10.5. The van der Waals surface area contributed by atoms with Gasteiger partial charge in [-0.05, 0) is 61.1 Å². The lowest BCUT2D eigenvalue weighted by Crippen LogP contribution is -2.31. The molecule has 0 radical (unpaired) electrons. The van der Waals surface area contributed by atoms with E-state index < -0.39 is 0 Å². The van der Waals surface area contributed by atoms with Gasteiger partial charge >= 0.3 is 0 Å². The van der Waals surface area contributed by atoms with E-state index in [0.29, 0.717) is 24.0 Å². The number of hydrogen-bond acceptors (Lipinski definition) is 2. The molecule has 0 bridgehead atoms. The van der Waals surface area contributed by atoms with Crippen LogP contribution in [-0.2, 0) is 6.54 Å². The van der Waals surface area contributed by atoms with Crippen molar-refractivity contribution in [1.29, 1.82) is 0 Å². The molecule has 2 unspecified atom stereocenters. The van der Waals surface area contributed by atoms with Crippen molar-refractivity contribution >= 4 is 17.6 Å². The number of aliphatic imine (C=N–C) groups is 1. The third kappa shape index (κ3) is 6.41. The molecule has 2 atom stereocenters. The topological polar surface area (TPSA) is 79.5 Å². The van der Waals surface area contributed by atoms with E-state index in [-0.39, 0.29) is 11.9 Å². The summed E-state index contributed by atoms with van der Waals surface area (Å²) < 4.78 is 0. The number of nitrogens with zero attached hydrogens (tertiary/aromatic N) is 1. The zero-order valence-electron chi connectivity index (χ0n) is 17.3. The summed E-state index contributed by atoms with van der Waals surface area (Å²) in [5.74, 6) is 0.836. The van der Waals surface area contributed by atoms with Gasteiger partial charge in [0, 0.05) is 17.3 Å². The second-order valence-corrected chi connectivity index (χ2v) is 7.24. The summed E-state index contributed by atoms with van der Waals surface area (Å²) in [6.45, 7) is 8.85. The fourth-order valence-corrected chi connectivity index (χ4v) is 2.71. The summed E-state index contributed by atoms with van der Waals surface area (Å²) >= 11 is 0. The predicted octanol–water partition coefficient (Wildman–Crippen LogP) is 4.66. The van der Waals surface area contributed by atoms with Crippen LogP contribution in [0.1, 0.15) is 67.9 Å². The Bertz CT molecular complexity index is 799. The molecule has 2 rings (SSSR count). The van der Waals surface area contributed by atoms with Crippen molar-refractivity contribution in [2.24, 2.45) is 10.7 Å². The molecule has 0 aliphatic heterocycles. The lowest BCUT2D eigenvalue weighted by molar-refractivity contribution is 0.0939. The first kappa shape index (κ1) is 21.5. The highest BCUT2D eigenvalue weighted by molar-refractivity contribution is 5.94. The van der Waals surface area contributed by atoms with E-state index in [0.717, 1.165) is 24.1 Å². The average molecular weight is 381 g/mol. The van der Waals surface area contributed by atoms with Gasteiger partial charge in [0.1, 0.15) is 0 Å². The standard InChI is InChI=1S/C23H32N4O/c1-5-16(3)19-10-12-21(13-11-19)27-23(24)25-15-18-8-7-9-20(14-18)22(28)26-17(4)6-2/h7-14,16-17H,5-6,15H2,1-4H3,(H,26,28)(H3,24,25,27). The Hall–Kier alpha value is -2.82. The molecule has 5 nitrogen and oxygen atoms in total. The van der Waals surface area contributed by atoms with Gasteiger partial charge in [-0.25, -0.2) is 4.99 Å². The second-order valence-electron chi connectivity index (χ2n) is 7.24. The van der Waals surface area contributed by atoms with Crippen molar-refractivity contribution in [3.8, 4) is 0 Å². The molecule has 0 aliphatic carbocycles. The smallest absolute Gasteiger partial charge is 0.251 e. The van der Waals surface area contributed by atoms with Gasteiger partial charge in [0.15, 0.2) is 5.96 Å². The van der Waals surface area contributed by atoms with Gasteiger partial charge in [0.2, 0.25) is 0 Å². The molecule has 2 aromatic carbocycles. The third-order valence-electron chi connectivity index (χ3n) is 4.98. The number of rotatable bonds is 8. The molecule has 0 fully saturated rings. The Balaban J connectivity index is 1.97. The summed E-state index contributed by atoms with van der Waals surface area (Å²) in [6.07, 6.45) is 2.01. The highest BCUT2D eigenvalue weighted by atomic mass is 16.1. The normalized spacial score (nSPS) is 13.6. The van der Waals surface area contributed by atoms with Gasteiger partial charge in [0.25, 0.3) is 5.91 Å². The van der Waals surface area contributed by atoms with E-state index in [1.54, 1.807) is 0 Å².